The largest absolute Gasteiger partial charge is 0.0843 e. The Morgan fingerprint density at radius 1 is 0.524 bits per heavy atom. The fourth-order valence-electron chi connectivity index (χ4n) is 4.14. The van der Waals surface area contributed by atoms with E-state index < -0.39 is 0 Å². The summed E-state index contributed by atoms with van der Waals surface area (Å²) in [6.45, 7) is 0. The lowest BCUT2D eigenvalue weighted by atomic mass is 9.61. The molecule has 0 N–H and O–H groups in total. The van der Waals surface area contributed by atoms with Gasteiger partial charge >= 0.3 is 0 Å². The first-order chi connectivity index (χ1) is 10.3. The van der Waals surface area contributed by atoms with Crippen LogP contribution in [0.3, 0.4) is 0 Å². The summed E-state index contributed by atoms with van der Waals surface area (Å²) in [6, 6.07) is 24.1. The van der Waals surface area contributed by atoms with Gasteiger partial charge in [-0.25, -0.2) is 0 Å². The molecule has 3 aliphatic carbocycles. The number of hydrogen-bond acceptors (Lipinski definition) is 0. The van der Waals surface area contributed by atoms with Crippen molar-refractivity contribution >= 4 is 11.6 Å². The monoisotopic (exact) mass is 288 g/mol. The Morgan fingerprint density at radius 3 is 1.48 bits per heavy atom. The highest BCUT2D eigenvalue weighted by Gasteiger charge is 2.40. The fourth-order valence-corrected chi connectivity index (χ4v) is 4.32. The molecule has 0 heterocycles. The van der Waals surface area contributed by atoms with Gasteiger partial charge in [-0.15, -0.1) is 0 Å². The molecule has 100 valence electrons. The second-order valence-electron chi connectivity index (χ2n) is 5.90. The van der Waals surface area contributed by atoms with Crippen molar-refractivity contribution in [1.82, 2.24) is 0 Å². The van der Waals surface area contributed by atoms with Crippen molar-refractivity contribution in [3.05, 3.63) is 105 Å². The standard InChI is InChI=1S/C20H13Cl/c21-12-9-10-17-18(11-12)20-15-7-3-1-5-13(15)19(17)14-6-2-4-8-16(14)20/h1-11,19-20H. The van der Waals surface area contributed by atoms with Crippen LogP contribution in [0.2, 0.25) is 5.02 Å². The van der Waals surface area contributed by atoms with Crippen molar-refractivity contribution in [3.63, 3.8) is 0 Å². The Balaban J connectivity index is 1.92. The first-order valence-electron chi connectivity index (χ1n) is 7.31. The Hall–Kier alpha value is -2.05. The van der Waals surface area contributed by atoms with Crippen LogP contribution >= 0.6 is 11.6 Å². The van der Waals surface area contributed by atoms with Gasteiger partial charge in [0.2, 0.25) is 0 Å². The molecule has 0 atom stereocenters. The molecule has 3 aromatic rings. The molecule has 3 aromatic carbocycles. The number of halogens is 1. The van der Waals surface area contributed by atoms with Crippen molar-refractivity contribution in [3.8, 4) is 0 Å². The summed E-state index contributed by atoms with van der Waals surface area (Å²) in [4.78, 5) is 0. The van der Waals surface area contributed by atoms with E-state index in [4.69, 9.17) is 11.6 Å². The molecule has 0 radical (unpaired) electrons. The number of hydrogen-bond donors (Lipinski definition) is 0. The zero-order valence-electron chi connectivity index (χ0n) is 11.4. The summed E-state index contributed by atoms with van der Waals surface area (Å²) < 4.78 is 0. The van der Waals surface area contributed by atoms with Gasteiger partial charge in [-0.1, -0.05) is 66.2 Å². The molecule has 0 amide bonds. The molecule has 21 heavy (non-hydrogen) atoms. The number of benzene rings is 3. The highest BCUT2D eigenvalue weighted by atomic mass is 35.5. The quantitative estimate of drug-likeness (QED) is 0.361. The van der Waals surface area contributed by atoms with Gasteiger partial charge in [-0.3, -0.25) is 0 Å². The van der Waals surface area contributed by atoms with Gasteiger partial charge in [0.25, 0.3) is 0 Å². The summed E-state index contributed by atoms with van der Waals surface area (Å²) >= 11 is 6.27. The van der Waals surface area contributed by atoms with Gasteiger partial charge in [0.15, 0.2) is 0 Å². The molecule has 6 rings (SSSR count). The molecule has 0 nitrogen and oxygen atoms in total. The third-order valence-corrected chi connectivity index (χ3v) is 5.14. The summed E-state index contributed by atoms with van der Waals surface area (Å²) in [6.07, 6.45) is 0. The van der Waals surface area contributed by atoms with Crippen LogP contribution in [0.5, 0.6) is 0 Å². The van der Waals surface area contributed by atoms with Crippen LogP contribution in [0.4, 0.5) is 0 Å². The molecule has 3 aliphatic rings. The van der Waals surface area contributed by atoms with E-state index in [-0.39, 0.29) is 0 Å². The minimum absolute atomic E-state index is 0.330. The van der Waals surface area contributed by atoms with Crippen molar-refractivity contribution in [1.29, 1.82) is 0 Å². The minimum atomic E-state index is 0.330. The molecular weight excluding hydrogens is 276 g/mol. The van der Waals surface area contributed by atoms with Gasteiger partial charge in [-0.05, 0) is 45.5 Å². The molecular formula is C20H13Cl. The highest BCUT2D eigenvalue weighted by molar-refractivity contribution is 6.30. The molecule has 2 bridgehead atoms. The van der Waals surface area contributed by atoms with Crippen molar-refractivity contribution in [2.24, 2.45) is 0 Å². The second kappa shape index (κ2) is 3.99. The molecule has 0 aromatic heterocycles. The third kappa shape index (κ3) is 1.41. The van der Waals surface area contributed by atoms with Gasteiger partial charge < -0.3 is 0 Å². The van der Waals surface area contributed by atoms with Crippen LogP contribution in [0.1, 0.15) is 45.2 Å². The lowest BCUT2D eigenvalue weighted by Crippen LogP contribution is -2.27. The molecule has 0 saturated heterocycles. The topological polar surface area (TPSA) is 0 Å². The summed E-state index contributed by atoms with van der Waals surface area (Å²) in [5, 5.41) is 0.830. The smallest absolute Gasteiger partial charge is 0.0409 e. The van der Waals surface area contributed by atoms with E-state index in [2.05, 4.69) is 60.7 Å². The van der Waals surface area contributed by atoms with E-state index in [1.165, 1.54) is 33.4 Å². The molecule has 1 heteroatoms. The first-order valence-corrected chi connectivity index (χ1v) is 7.69. The van der Waals surface area contributed by atoms with Gasteiger partial charge in [0.1, 0.15) is 0 Å². The molecule has 0 unspecified atom stereocenters. The normalized spacial score (nSPS) is 20.6. The Morgan fingerprint density at radius 2 is 0.952 bits per heavy atom. The summed E-state index contributed by atoms with van der Waals surface area (Å²) in [7, 11) is 0. The van der Waals surface area contributed by atoms with E-state index >= 15 is 0 Å². The second-order valence-corrected chi connectivity index (χ2v) is 6.33. The van der Waals surface area contributed by atoms with Crippen molar-refractivity contribution < 1.29 is 0 Å². The van der Waals surface area contributed by atoms with E-state index in [0.29, 0.717) is 11.8 Å². The van der Waals surface area contributed by atoms with Crippen molar-refractivity contribution in [2.45, 2.75) is 11.8 Å². The van der Waals surface area contributed by atoms with Gasteiger partial charge in [-0.2, -0.15) is 0 Å². The van der Waals surface area contributed by atoms with Crippen molar-refractivity contribution in [2.75, 3.05) is 0 Å². The SMILES string of the molecule is Clc1ccc2c(c1)C1c3ccccc3C2c2ccccc21. The van der Waals surface area contributed by atoms with Crippen LogP contribution in [0.25, 0.3) is 0 Å². The molecule has 0 fully saturated rings. The fraction of sp³-hybridized carbons (Fsp3) is 0.100. The van der Waals surface area contributed by atoms with Gasteiger partial charge in [0, 0.05) is 16.9 Å². The predicted molar refractivity (Wildman–Crippen MR) is 86.2 cm³/mol. The average Bonchev–Trinajstić information content (AvgIpc) is 2.54. The Bertz CT molecular complexity index is 831. The maximum Gasteiger partial charge on any atom is 0.0409 e. The predicted octanol–water partition coefficient (Wildman–Crippen LogP) is 5.33. The molecule has 0 spiro atoms. The number of rotatable bonds is 0. The maximum atomic E-state index is 6.27. The van der Waals surface area contributed by atoms with Crippen LogP contribution in [0, 0.1) is 0 Å². The highest BCUT2D eigenvalue weighted by Crippen LogP contribution is 2.55. The van der Waals surface area contributed by atoms with E-state index in [0.717, 1.165) is 5.02 Å². The first kappa shape index (κ1) is 11.6. The Labute approximate surface area is 129 Å². The van der Waals surface area contributed by atoms with Gasteiger partial charge in [0.05, 0.1) is 0 Å². The average molecular weight is 289 g/mol. The third-order valence-electron chi connectivity index (χ3n) is 4.91. The summed E-state index contributed by atoms with van der Waals surface area (Å²) in [5.74, 6) is 0.686. The lowest BCUT2D eigenvalue weighted by molar-refractivity contribution is 0.754. The lowest BCUT2D eigenvalue weighted by Gasteiger charge is -2.42. The van der Waals surface area contributed by atoms with Crippen LogP contribution in [-0.2, 0) is 0 Å². The van der Waals surface area contributed by atoms with Crippen LogP contribution in [-0.4, -0.2) is 0 Å². The van der Waals surface area contributed by atoms with E-state index in [1.54, 1.807) is 0 Å². The minimum Gasteiger partial charge on any atom is -0.0843 e. The molecule has 0 saturated carbocycles. The van der Waals surface area contributed by atoms with Crippen LogP contribution in [0.15, 0.2) is 66.7 Å². The Kier molecular flexibility index (Phi) is 2.20. The maximum absolute atomic E-state index is 6.27. The summed E-state index contributed by atoms with van der Waals surface area (Å²) in [5.41, 5.74) is 8.59. The molecule has 0 aliphatic heterocycles. The zero-order chi connectivity index (χ0) is 14.0. The van der Waals surface area contributed by atoms with Crippen LogP contribution < -0.4 is 0 Å². The zero-order valence-corrected chi connectivity index (χ0v) is 12.1. The van der Waals surface area contributed by atoms with E-state index in [9.17, 15) is 0 Å². The van der Waals surface area contributed by atoms with E-state index in [1.807, 2.05) is 6.07 Å².